The fourth-order valence-corrected chi connectivity index (χ4v) is 1.70. The third-order valence-corrected chi connectivity index (χ3v) is 2.50. The Kier molecular flexibility index (Phi) is 4.42. The Labute approximate surface area is 94.8 Å². The van der Waals surface area contributed by atoms with Crippen molar-refractivity contribution in [1.82, 2.24) is 15.1 Å². The molecule has 90 valence electrons. The molecule has 0 saturated carbocycles. The van der Waals surface area contributed by atoms with Gasteiger partial charge in [-0.05, 0) is 33.4 Å². The Bertz CT molecular complexity index is 373. The van der Waals surface area contributed by atoms with E-state index >= 15 is 0 Å². The van der Waals surface area contributed by atoms with Gasteiger partial charge in [0.25, 0.3) is 0 Å². The number of nitrogens with zero attached hydrogens (tertiary/aromatic N) is 3. The molecule has 0 saturated heterocycles. The quantitative estimate of drug-likeness (QED) is 0.452. The average Bonchev–Trinajstić information content (AvgIpc) is 2.49. The summed E-state index contributed by atoms with van der Waals surface area (Å²) in [7, 11) is 0. The highest BCUT2D eigenvalue weighted by molar-refractivity contribution is 5.39. The van der Waals surface area contributed by atoms with Gasteiger partial charge in [0.05, 0.1) is 4.92 Å². The van der Waals surface area contributed by atoms with Crippen molar-refractivity contribution in [2.45, 2.75) is 33.7 Å². The molecule has 0 radical (unpaired) electrons. The van der Waals surface area contributed by atoms with Gasteiger partial charge in [-0.25, -0.2) is 0 Å². The molecule has 1 aromatic heterocycles. The Morgan fingerprint density at radius 3 is 2.69 bits per heavy atom. The zero-order valence-corrected chi connectivity index (χ0v) is 9.99. The minimum Gasteiger partial charge on any atom is -0.317 e. The summed E-state index contributed by atoms with van der Waals surface area (Å²) < 4.78 is 1.71. The van der Waals surface area contributed by atoms with E-state index in [1.807, 2.05) is 6.92 Å². The van der Waals surface area contributed by atoms with Gasteiger partial charge in [-0.2, -0.15) is 5.10 Å². The van der Waals surface area contributed by atoms with E-state index in [1.54, 1.807) is 18.5 Å². The van der Waals surface area contributed by atoms with Crippen molar-refractivity contribution in [3.05, 3.63) is 21.5 Å². The van der Waals surface area contributed by atoms with Gasteiger partial charge in [-0.3, -0.25) is 14.8 Å². The molecule has 0 spiro atoms. The molecule has 0 atom stereocenters. The number of hydrogen-bond acceptors (Lipinski definition) is 4. The van der Waals surface area contributed by atoms with Gasteiger partial charge >= 0.3 is 5.69 Å². The van der Waals surface area contributed by atoms with E-state index in [2.05, 4.69) is 10.4 Å². The second kappa shape index (κ2) is 5.60. The molecule has 0 aromatic carbocycles. The lowest BCUT2D eigenvalue weighted by molar-refractivity contribution is -0.386. The van der Waals surface area contributed by atoms with Crippen LogP contribution in [0.2, 0.25) is 0 Å². The Hall–Kier alpha value is -1.43. The van der Waals surface area contributed by atoms with E-state index in [-0.39, 0.29) is 10.6 Å². The molecule has 0 fully saturated rings. The van der Waals surface area contributed by atoms with Gasteiger partial charge in [0.1, 0.15) is 11.4 Å². The van der Waals surface area contributed by atoms with E-state index in [1.165, 1.54) is 0 Å². The summed E-state index contributed by atoms with van der Waals surface area (Å²) in [5.41, 5.74) is 1.27. The smallest absolute Gasteiger partial charge is 0.312 e. The van der Waals surface area contributed by atoms with Gasteiger partial charge < -0.3 is 5.32 Å². The SMILES string of the molecule is CCNCCCn1nc(C)c([N+](=O)[O-])c1C. The summed E-state index contributed by atoms with van der Waals surface area (Å²) in [6.07, 6.45) is 0.924. The predicted octanol–water partition coefficient (Wildman–Crippen LogP) is 1.41. The van der Waals surface area contributed by atoms with Gasteiger partial charge in [0.2, 0.25) is 0 Å². The maximum atomic E-state index is 10.8. The van der Waals surface area contributed by atoms with E-state index in [0.29, 0.717) is 17.9 Å². The van der Waals surface area contributed by atoms with Crippen molar-refractivity contribution in [2.24, 2.45) is 0 Å². The lowest BCUT2D eigenvalue weighted by Crippen LogP contribution is -2.16. The fraction of sp³-hybridized carbons (Fsp3) is 0.700. The van der Waals surface area contributed by atoms with E-state index in [9.17, 15) is 10.1 Å². The largest absolute Gasteiger partial charge is 0.317 e. The summed E-state index contributed by atoms with van der Waals surface area (Å²) in [6, 6.07) is 0. The summed E-state index contributed by atoms with van der Waals surface area (Å²) in [6.45, 7) is 8.03. The van der Waals surface area contributed by atoms with Crippen LogP contribution in [0.3, 0.4) is 0 Å². The van der Waals surface area contributed by atoms with Crippen LogP contribution in [-0.2, 0) is 6.54 Å². The van der Waals surface area contributed by atoms with Gasteiger partial charge in [-0.15, -0.1) is 0 Å². The normalized spacial score (nSPS) is 10.7. The molecule has 1 aromatic rings. The lowest BCUT2D eigenvalue weighted by Gasteiger charge is -2.03. The molecule has 0 aliphatic rings. The highest BCUT2D eigenvalue weighted by Gasteiger charge is 2.21. The molecule has 6 nitrogen and oxygen atoms in total. The van der Waals surface area contributed by atoms with Crippen LogP contribution in [0.1, 0.15) is 24.7 Å². The number of rotatable bonds is 6. The first-order valence-corrected chi connectivity index (χ1v) is 5.47. The van der Waals surface area contributed by atoms with Crippen LogP contribution >= 0.6 is 0 Å². The fourth-order valence-electron chi connectivity index (χ4n) is 1.70. The molecule has 0 unspecified atom stereocenters. The molecule has 0 amide bonds. The number of hydrogen-bond donors (Lipinski definition) is 1. The van der Waals surface area contributed by atoms with Crippen molar-refractivity contribution in [1.29, 1.82) is 0 Å². The molecule has 1 heterocycles. The minimum atomic E-state index is -0.363. The van der Waals surface area contributed by atoms with Crippen molar-refractivity contribution in [2.75, 3.05) is 13.1 Å². The lowest BCUT2D eigenvalue weighted by atomic mass is 10.3. The first-order valence-electron chi connectivity index (χ1n) is 5.47. The predicted molar refractivity (Wildman–Crippen MR) is 61.5 cm³/mol. The standard InChI is InChI=1S/C10H18N4O2/c1-4-11-6-5-7-13-9(3)10(14(15)16)8(2)12-13/h11H,4-7H2,1-3H3. The number of nitrogens with one attached hydrogen (secondary N) is 1. The molecule has 16 heavy (non-hydrogen) atoms. The Balaban J connectivity index is 2.67. The number of aryl methyl sites for hydroxylation is 2. The van der Waals surface area contributed by atoms with Crippen LogP contribution in [0.4, 0.5) is 5.69 Å². The Morgan fingerprint density at radius 2 is 2.19 bits per heavy atom. The monoisotopic (exact) mass is 226 g/mol. The van der Waals surface area contributed by atoms with E-state index < -0.39 is 0 Å². The van der Waals surface area contributed by atoms with Crippen LogP contribution in [-0.4, -0.2) is 27.8 Å². The second-order valence-corrected chi connectivity index (χ2v) is 3.71. The van der Waals surface area contributed by atoms with Crippen molar-refractivity contribution < 1.29 is 4.92 Å². The van der Waals surface area contributed by atoms with Crippen LogP contribution in [0.25, 0.3) is 0 Å². The maximum absolute atomic E-state index is 10.8. The van der Waals surface area contributed by atoms with E-state index in [0.717, 1.165) is 19.5 Å². The highest BCUT2D eigenvalue weighted by atomic mass is 16.6. The van der Waals surface area contributed by atoms with Crippen molar-refractivity contribution >= 4 is 5.69 Å². The minimum absolute atomic E-state index is 0.142. The molecule has 0 bridgehead atoms. The van der Waals surface area contributed by atoms with Crippen LogP contribution in [0, 0.1) is 24.0 Å². The molecule has 0 aliphatic heterocycles. The maximum Gasteiger partial charge on any atom is 0.312 e. The zero-order chi connectivity index (χ0) is 12.1. The molecule has 0 aliphatic carbocycles. The summed E-state index contributed by atoms with van der Waals surface area (Å²) >= 11 is 0. The van der Waals surface area contributed by atoms with Crippen LogP contribution in [0.15, 0.2) is 0 Å². The van der Waals surface area contributed by atoms with Crippen LogP contribution in [0.5, 0.6) is 0 Å². The van der Waals surface area contributed by atoms with Gasteiger partial charge in [-0.1, -0.05) is 6.92 Å². The third-order valence-electron chi connectivity index (χ3n) is 2.50. The van der Waals surface area contributed by atoms with Crippen LogP contribution < -0.4 is 5.32 Å². The summed E-state index contributed by atoms with van der Waals surface area (Å²) in [4.78, 5) is 10.4. The second-order valence-electron chi connectivity index (χ2n) is 3.71. The zero-order valence-electron chi connectivity index (χ0n) is 9.99. The van der Waals surface area contributed by atoms with Crippen molar-refractivity contribution in [3.8, 4) is 0 Å². The summed E-state index contributed by atoms with van der Waals surface area (Å²) in [5, 5.41) is 18.2. The van der Waals surface area contributed by atoms with Gasteiger partial charge in [0, 0.05) is 6.54 Å². The van der Waals surface area contributed by atoms with Crippen molar-refractivity contribution in [3.63, 3.8) is 0 Å². The molecular weight excluding hydrogens is 208 g/mol. The molecule has 1 N–H and O–H groups in total. The molecule has 6 heteroatoms. The third kappa shape index (κ3) is 2.79. The Morgan fingerprint density at radius 1 is 1.50 bits per heavy atom. The molecule has 1 rings (SSSR count). The number of nitro groups is 1. The van der Waals surface area contributed by atoms with Gasteiger partial charge in [0.15, 0.2) is 0 Å². The highest BCUT2D eigenvalue weighted by Crippen LogP contribution is 2.21. The topological polar surface area (TPSA) is 73.0 Å². The van der Waals surface area contributed by atoms with E-state index in [4.69, 9.17) is 0 Å². The molecular formula is C10H18N4O2. The first-order chi connectivity index (χ1) is 7.57. The summed E-state index contributed by atoms with van der Waals surface area (Å²) in [5.74, 6) is 0. The number of aromatic nitrogens is 2. The average molecular weight is 226 g/mol. The first kappa shape index (κ1) is 12.6.